The lowest BCUT2D eigenvalue weighted by Crippen LogP contribution is -2.12. The molecule has 0 bridgehead atoms. The molecule has 2 aromatic carbocycles. The van der Waals surface area contributed by atoms with Gasteiger partial charge < -0.3 is 5.11 Å². The molecule has 0 saturated heterocycles. The summed E-state index contributed by atoms with van der Waals surface area (Å²) >= 11 is 0. The number of carbonyl (C=O) groups is 1. The lowest BCUT2D eigenvalue weighted by atomic mass is 9.88. The SMILES string of the molecule is CC(CCC(C(=O)O)c1ccccc1)c1ccccc1. The van der Waals surface area contributed by atoms with Crippen LogP contribution in [0.15, 0.2) is 60.7 Å². The molecule has 0 aliphatic rings. The molecule has 0 heterocycles. The molecule has 1 N–H and O–H groups in total. The maximum atomic E-state index is 11.4. The zero-order chi connectivity index (χ0) is 14.4. The van der Waals surface area contributed by atoms with Gasteiger partial charge in [-0.3, -0.25) is 4.79 Å². The first-order chi connectivity index (χ1) is 9.68. The molecule has 0 aliphatic heterocycles. The van der Waals surface area contributed by atoms with Crippen LogP contribution < -0.4 is 0 Å². The van der Waals surface area contributed by atoms with Crippen molar-refractivity contribution in [2.75, 3.05) is 0 Å². The molecule has 0 saturated carbocycles. The highest BCUT2D eigenvalue weighted by Crippen LogP contribution is 2.27. The highest BCUT2D eigenvalue weighted by Gasteiger charge is 2.20. The molecular weight excluding hydrogens is 248 g/mol. The number of hydrogen-bond acceptors (Lipinski definition) is 1. The van der Waals surface area contributed by atoms with Crippen LogP contribution in [-0.4, -0.2) is 11.1 Å². The van der Waals surface area contributed by atoms with Crippen LogP contribution in [0.4, 0.5) is 0 Å². The maximum absolute atomic E-state index is 11.4. The molecule has 2 unspecified atom stereocenters. The van der Waals surface area contributed by atoms with E-state index in [0.717, 1.165) is 12.0 Å². The van der Waals surface area contributed by atoms with Crippen molar-refractivity contribution in [1.82, 2.24) is 0 Å². The van der Waals surface area contributed by atoms with Crippen molar-refractivity contribution in [2.24, 2.45) is 0 Å². The second-order valence-electron chi connectivity index (χ2n) is 5.19. The Bertz CT molecular complexity index is 534. The van der Waals surface area contributed by atoms with Crippen molar-refractivity contribution in [3.63, 3.8) is 0 Å². The summed E-state index contributed by atoms with van der Waals surface area (Å²) in [7, 11) is 0. The monoisotopic (exact) mass is 268 g/mol. The van der Waals surface area contributed by atoms with Gasteiger partial charge in [-0.15, -0.1) is 0 Å². The summed E-state index contributed by atoms with van der Waals surface area (Å²) in [5.74, 6) is -0.777. The average molecular weight is 268 g/mol. The number of benzene rings is 2. The summed E-state index contributed by atoms with van der Waals surface area (Å²) in [6, 6.07) is 19.7. The Kier molecular flexibility index (Phi) is 4.94. The first kappa shape index (κ1) is 14.3. The van der Waals surface area contributed by atoms with Crippen molar-refractivity contribution < 1.29 is 9.90 Å². The van der Waals surface area contributed by atoms with Crippen LogP contribution in [0, 0.1) is 0 Å². The minimum Gasteiger partial charge on any atom is -0.481 e. The van der Waals surface area contributed by atoms with Gasteiger partial charge in [0.05, 0.1) is 5.92 Å². The van der Waals surface area contributed by atoms with Crippen molar-refractivity contribution >= 4 is 5.97 Å². The normalized spacial score (nSPS) is 13.7. The molecule has 0 aliphatic carbocycles. The molecule has 2 atom stereocenters. The molecule has 2 aromatic rings. The number of carboxylic acids is 1. The maximum Gasteiger partial charge on any atom is 0.310 e. The topological polar surface area (TPSA) is 37.3 Å². The second kappa shape index (κ2) is 6.90. The molecule has 0 amide bonds. The van der Waals surface area contributed by atoms with Crippen LogP contribution in [0.5, 0.6) is 0 Å². The van der Waals surface area contributed by atoms with Crippen LogP contribution >= 0.6 is 0 Å². The van der Waals surface area contributed by atoms with Crippen molar-refractivity contribution in [3.05, 3.63) is 71.8 Å². The van der Waals surface area contributed by atoms with E-state index >= 15 is 0 Å². The Morgan fingerprint density at radius 1 is 0.900 bits per heavy atom. The van der Waals surface area contributed by atoms with Gasteiger partial charge in [-0.2, -0.15) is 0 Å². The highest BCUT2D eigenvalue weighted by atomic mass is 16.4. The molecule has 20 heavy (non-hydrogen) atoms. The van der Waals surface area contributed by atoms with Crippen molar-refractivity contribution in [3.8, 4) is 0 Å². The van der Waals surface area contributed by atoms with Gasteiger partial charge in [0.25, 0.3) is 0 Å². The molecule has 104 valence electrons. The van der Waals surface area contributed by atoms with Gasteiger partial charge in [-0.05, 0) is 29.9 Å². The van der Waals surface area contributed by atoms with E-state index in [4.69, 9.17) is 0 Å². The van der Waals surface area contributed by atoms with Crippen LogP contribution in [0.25, 0.3) is 0 Å². The zero-order valence-electron chi connectivity index (χ0n) is 11.7. The molecule has 0 spiro atoms. The van der Waals surface area contributed by atoms with Crippen LogP contribution in [0.3, 0.4) is 0 Å². The fourth-order valence-electron chi connectivity index (χ4n) is 2.48. The molecule has 2 heteroatoms. The summed E-state index contributed by atoms with van der Waals surface area (Å²) in [5.41, 5.74) is 2.16. The smallest absolute Gasteiger partial charge is 0.310 e. The van der Waals surface area contributed by atoms with E-state index in [0.29, 0.717) is 12.3 Å². The summed E-state index contributed by atoms with van der Waals surface area (Å²) in [5, 5.41) is 9.41. The minimum atomic E-state index is -0.739. The van der Waals surface area contributed by atoms with E-state index in [1.165, 1.54) is 5.56 Å². The van der Waals surface area contributed by atoms with Crippen molar-refractivity contribution in [2.45, 2.75) is 31.6 Å². The van der Waals surface area contributed by atoms with E-state index < -0.39 is 11.9 Å². The zero-order valence-corrected chi connectivity index (χ0v) is 11.7. The van der Waals surface area contributed by atoms with E-state index in [1.807, 2.05) is 48.5 Å². The Balaban J connectivity index is 2.02. The molecule has 0 radical (unpaired) electrons. The van der Waals surface area contributed by atoms with Crippen LogP contribution in [-0.2, 0) is 4.79 Å². The third-order valence-corrected chi connectivity index (χ3v) is 3.76. The van der Waals surface area contributed by atoms with Gasteiger partial charge in [-0.1, -0.05) is 67.6 Å². The Morgan fingerprint density at radius 3 is 1.90 bits per heavy atom. The first-order valence-electron chi connectivity index (χ1n) is 7.01. The standard InChI is InChI=1S/C18H20O2/c1-14(15-8-4-2-5-9-15)12-13-17(18(19)20)16-10-6-3-7-11-16/h2-11,14,17H,12-13H2,1H3,(H,19,20). The predicted molar refractivity (Wildman–Crippen MR) is 80.9 cm³/mol. The summed E-state index contributed by atoms with van der Waals surface area (Å²) in [6.07, 6.45) is 1.53. The summed E-state index contributed by atoms with van der Waals surface area (Å²) < 4.78 is 0. The van der Waals surface area contributed by atoms with Crippen LogP contribution in [0.1, 0.15) is 42.7 Å². The molecule has 0 fully saturated rings. The number of aliphatic carboxylic acids is 1. The molecule has 0 aromatic heterocycles. The third-order valence-electron chi connectivity index (χ3n) is 3.76. The molecule has 2 rings (SSSR count). The fraction of sp³-hybridized carbons (Fsp3) is 0.278. The van der Waals surface area contributed by atoms with Gasteiger partial charge >= 0.3 is 5.97 Å². The van der Waals surface area contributed by atoms with E-state index in [1.54, 1.807) is 0 Å². The lowest BCUT2D eigenvalue weighted by Gasteiger charge is -2.16. The minimum absolute atomic E-state index is 0.377. The average Bonchev–Trinajstić information content (AvgIpc) is 2.49. The van der Waals surface area contributed by atoms with E-state index in [9.17, 15) is 9.90 Å². The third kappa shape index (κ3) is 3.70. The van der Waals surface area contributed by atoms with E-state index in [-0.39, 0.29) is 0 Å². The Labute approximate surface area is 120 Å². The van der Waals surface area contributed by atoms with Gasteiger partial charge in [0.1, 0.15) is 0 Å². The predicted octanol–water partition coefficient (Wildman–Crippen LogP) is 4.44. The summed E-state index contributed by atoms with van der Waals surface area (Å²) in [6.45, 7) is 2.15. The number of hydrogen-bond donors (Lipinski definition) is 1. The summed E-state index contributed by atoms with van der Waals surface area (Å²) in [4.78, 5) is 11.4. The van der Waals surface area contributed by atoms with Crippen molar-refractivity contribution in [1.29, 1.82) is 0 Å². The fourth-order valence-corrected chi connectivity index (χ4v) is 2.48. The highest BCUT2D eigenvalue weighted by molar-refractivity contribution is 5.76. The quantitative estimate of drug-likeness (QED) is 0.841. The first-order valence-corrected chi connectivity index (χ1v) is 7.01. The molecule has 2 nitrogen and oxygen atoms in total. The largest absolute Gasteiger partial charge is 0.481 e. The van der Waals surface area contributed by atoms with Gasteiger partial charge in [0.2, 0.25) is 0 Å². The van der Waals surface area contributed by atoms with Crippen LogP contribution in [0.2, 0.25) is 0 Å². The van der Waals surface area contributed by atoms with E-state index in [2.05, 4.69) is 19.1 Å². The Hall–Kier alpha value is -2.09. The Morgan fingerprint density at radius 2 is 1.40 bits per heavy atom. The number of carboxylic acid groups (broad SMARTS) is 1. The molecular formula is C18H20O2. The lowest BCUT2D eigenvalue weighted by molar-refractivity contribution is -0.139. The van der Waals surface area contributed by atoms with Gasteiger partial charge in [-0.25, -0.2) is 0 Å². The van der Waals surface area contributed by atoms with Gasteiger partial charge in [0.15, 0.2) is 0 Å². The number of rotatable bonds is 6. The van der Waals surface area contributed by atoms with Gasteiger partial charge in [0, 0.05) is 0 Å². The second-order valence-corrected chi connectivity index (χ2v) is 5.19.